The summed E-state index contributed by atoms with van der Waals surface area (Å²) in [6.45, 7) is 1.75. The van der Waals surface area contributed by atoms with Crippen LogP contribution in [-0.4, -0.2) is 33.0 Å². The third-order valence-electron chi connectivity index (χ3n) is 3.86. The molecule has 0 bridgehead atoms. The van der Waals surface area contributed by atoms with Crippen LogP contribution in [0.5, 0.6) is 5.75 Å². The van der Waals surface area contributed by atoms with Gasteiger partial charge >= 0.3 is 0 Å². The van der Waals surface area contributed by atoms with Crippen molar-refractivity contribution in [1.29, 1.82) is 0 Å². The Morgan fingerprint density at radius 2 is 1.78 bits per heavy atom. The lowest BCUT2D eigenvalue weighted by molar-refractivity contribution is 0.415. The van der Waals surface area contributed by atoms with E-state index in [2.05, 4.69) is 48.4 Å². The van der Waals surface area contributed by atoms with E-state index in [1.807, 2.05) is 24.3 Å². The Labute approximate surface area is 143 Å². The third-order valence-corrected chi connectivity index (χ3v) is 3.86. The minimum absolute atomic E-state index is 0. The van der Waals surface area contributed by atoms with Gasteiger partial charge in [-0.15, -0.1) is 12.4 Å². The average Bonchev–Trinajstić information content (AvgIpc) is 2.73. The van der Waals surface area contributed by atoms with Crippen molar-refractivity contribution in [3.63, 3.8) is 0 Å². The topological polar surface area (TPSA) is 24.8 Å². The molecule has 1 heterocycles. The van der Waals surface area contributed by atoms with Crippen LogP contribution in [0.3, 0.4) is 0 Å². The molecule has 4 heteroatoms. The Morgan fingerprint density at radius 3 is 2.52 bits per heavy atom. The molecule has 120 valence electrons. The molecule has 3 nitrogen and oxygen atoms in total. The van der Waals surface area contributed by atoms with Crippen LogP contribution in [0.1, 0.15) is 11.1 Å². The molecule has 0 saturated heterocycles. The van der Waals surface area contributed by atoms with E-state index in [1.54, 1.807) is 7.11 Å². The highest BCUT2D eigenvalue weighted by atomic mass is 35.5. The SMILES string of the molecule is COc1ccc(C=CC2=NCCN(C)c3ccccc32)cc1.Cl. The quantitative estimate of drug-likeness (QED) is 0.848. The van der Waals surface area contributed by atoms with Crippen LogP contribution < -0.4 is 9.64 Å². The third kappa shape index (κ3) is 3.93. The van der Waals surface area contributed by atoms with Crippen molar-refractivity contribution in [2.75, 3.05) is 32.1 Å². The largest absolute Gasteiger partial charge is 0.497 e. The van der Waals surface area contributed by atoms with Crippen LogP contribution in [0, 0.1) is 0 Å². The van der Waals surface area contributed by atoms with E-state index in [-0.39, 0.29) is 12.4 Å². The van der Waals surface area contributed by atoms with Crippen molar-refractivity contribution in [2.45, 2.75) is 0 Å². The van der Waals surface area contributed by atoms with Gasteiger partial charge in [0.25, 0.3) is 0 Å². The second-order valence-corrected chi connectivity index (χ2v) is 5.31. The summed E-state index contributed by atoms with van der Waals surface area (Å²) in [5.41, 5.74) is 4.60. The number of benzene rings is 2. The first-order chi connectivity index (χ1) is 10.8. The van der Waals surface area contributed by atoms with Crippen LogP contribution in [0.25, 0.3) is 6.08 Å². The van der Waals surface area contributed by atoms with E-state index in [4.69, 9.17) is 9.73 Å². The number of fused-ring (bicyclic) bond motifs is 1. The van der Waals surface area contributed by atoms with E-state index in [9.17, 15) is 0 Å². The second-order valence-electron chi connectivity index (χ2n) is 5.31. The summed E-state index contributed by atoms with van der Waals surface area (Å²) in [6.07, 6.45) is 4.19. The fraction of sp³-hybridized carbons (Fsp3) is 0.211. The van der Waals surface area contributed by atoms with Crippen LogP contribution in [0.4, 0.5) is 5.69 Å². The number of aliphatic imine (C=N–C) groups is 1. The predicted octanol–water partition coefficient (Wildman–Crippen LogP) is 4.07. The zero-order chi connectivity index (χ0) is 15.4. The molecule has 0 aliphatic carbocycles. The molecule has 0 amide bonds. The van der Waals surface area contributed by atoms with E-state index in [1.165, 1.54) is 11.3 Å². The number of halogens is 1. The van der Waals surface area contributed by atoms with E-state index in [0.717, 1.165) is 30.1 Å². The summed E-state index contributed by atoms with van der Waals surface area (Å²) < 4.78 is 5.19. The molecule has 0 unspecified atom stereocenters. The normalized spacial score (nSPS) is 13.8. The van der Waals surface area contributed by atoms with Crippen molar-refractivity contribution in [2.24, 2.45) is 4.99 Å². The van der Waals surface area contributed by atoms with Gasteiger partial charge in [0.05, 0.1) is 19.4 Å². The molecule has 23 heavy (non-hydrogen) atoms. The van der Waals surface area contributed by atoms with Crippen molar-refractivity contribution in [3.05, 3.63) is 65.7 Å². The maximum Gasteiger partial charge on any atom is 0.118 e. The van der Waals surface area contributed by atoms with Gasteiger partial charge < -0.3 is 9.64 Å². The van der Waals surface area contributed by atoms with Crippen LogP contribution in [0.2, 0.25) is 0 Å². The minimum Gasteiger partial charge on any atom is -0.497 e. The first-order valence-electron chi connectivity index (χ1n) is 7.45. The van der Waals surface area contributed by atoms with Gasteiger partial charge in [0.1, 0.15) is 5.75 Å². The number of methoxy groups -OCH3 is 1. The first-order valence-corrected chi connectivity index (χ1v) is 7.45. The molecule has 0 saturated carbocycles. The Hall–Kier alpha value is -2.26. The number of hydrogen-bond acceptors (Lipinski definition) is 3. The number of likely N-dealkylation sites (N-methyl/N-ethyl adjacent to an activating group) is 1. The fourth-order valence-electron chi connectivity index (χ4n) is 2.58. The summed E-state index contributed by atoms with van der Waals surface area (Å²) in [4.78, 5) is 6.98. The molecule has 0 fully saturated rings. The van der Waals surface area contributed by atoms with E-state index in [0.29, 0.717) is 0 Å². The molecule has 1 aliphatic heterocycles. The number of ether oxygens (including phenoxy) is 1. The zero-order valence-electron chi connectivity index (χ0n) is 13.4. The number of anilines is 1. The first kappa shape index (κ1) is 17.1. The summed E-state index contributed by atoms with van der Waals surface area (Å²) in [5, 5.41) is 0. The Morgan fingerprint density at radius 1 is 1.04 bits per heavy atom. The predicted molar refractivity (Wildman–Crippen MR) is 100 cm³/mol. The maximum absolute atomic E-state index is 5.19. The molecule has 1 aliphatic rings. The standard InChI is InChI=1S/C19H20N2O.ClH/c1-21-14-13-20-18(17-5-3-4-6-19(17)21)12-9-15-7-10-16(22-2)11-8-15;/h3-12H,13-14H2,1-2H3;1H. The molecule has 3 rings (SSSR count). The number of benzodiazepines with no additional fused rings is 1. The zero-order valence-corrected chi connectivity index (χ0v) is 14.2. The van der Waals surface area contributed by atoms with Crippen molar-refractivity contribution in [1.82, 2.24) is 0 Å². The molecule has 0 spiro atoms. The summed E-state index contributed by atoms with van der Waals surface area (Å²) in [5.74, 6) is 0.871. The number of allylic oxidation sites excluding steroid dienone is 1. The number of rotatable bonds is 3. The monoisotopic (exact) mass is 328 g/mol. The molecule has 0 aromatic heterocycles. The van der Waals surface area contributed by atoms with Gasteiger partial charge in [-0.3, -0.25) is 4.99 Å². The molecule has 0 atom stereocenters. The molecular weight excluding hydrogens is 308 g/mol. The molecule has 2 aromatic rings. The minimum atomic E-state index is 0. The second kappa shape index (κ2) is 7.84. The fourth-order valence-corrected chi connectivity index (χ4v) is 2.58. The smallest absolute Gasteiger partial charge is 0.118 e. The van der Waals surface area contributed by atoms with Crippen LogP contribution >= 0.6 is 12.4 Å². The highest BCUT2D eigenvalue weighted by Crippen LogP contribution is 2.23. The highest BCUT2D eigenvalue weighted by molar-refractivity contribution is 6.14. The van der Waals surface area contributed by atoms with Gasteiger partial charge in [0.15, 0.2) is 0 Å². The van der Waals surface area contributed by atoms with Crippen molar-refractivity contribution in [3.8, 4) is 5.75 Å². The van der Waals surface area contributed by atoms with Crippen molar-refractivity contribution >= 4 is 29.9 Å². The van der Waals surface area contributed by atoms with Gasteiger partial charge in [-0.05, 0) is 29.8 Å². The molecule has 0 N–H and O–H groups in total. The summed E-state index contributed by atoms with van der Waals surface area (Å²) >= 11 is 0. The molecule has 0 radical (unpaired) electrons. The number of hydrogen-bond donors (Lipinski definition) is 0. The van der Waals surface area contributed by atoms with Gasteiger partial charge in [-0.2, -0.15) is 0 Å². The number of para-hydroxylation sites is 1. The van der Waals surface area contributed by atoms with Gasteiger partial charge in [-0.1, -0.05) is 36.4 Å². The Balaban J connectivity index is 0.00000192. The van der Waals surface area contributed by atoms with Crippen LogP contribution in [0.15, 0.2) is 59.6 Å². The lowest BCUT2D eigenvalue weighted by Gasteiger charge is -2.18. The van der Waals surface area contributed by atoms with Gasteiger partial charge in [0.2, 0.25) is 0 Å². The highest BCUT2D eigenvalue weighted by Gasteiger charge is 2.13. The summed E-state index contributed by atoms with van der Waals surface area (Å²) in [6, 6.07) is 16.5. The lowest BCUT2D eigenvalue weighted by Crippen LogP contribution is -2.20. The average molecular weight is 329 g/mol. The van der Waals surface area contributed by atoms with Crippen molar-refractivity contribution < 1.29 is 4.74 Å². The van der Waals surface area contributed by atoms with Gasteiger partial charge in [0, 0.05) is 24.8 Å². The maximum atomic E-state index is 5.19. The molecular formula is C19H21ClN2O. The van der Waals surface area contributed by atoms with Gasteiger partial charge in [-0.25, -0.2) is 0 Å². The van der Waals surface area contributed by atoms with Crippen LogP contribution in [-0.2, 0) is 0 Å². The Kier molecular flexibility index (Phi) is 5.83. The van der Waals surface area contributed by atoms with E-state index >= 15 is 0 Å². The van der Waals surface area contributed by atoms with E-state index < -0.39 is 0 Å². The molecule has 2 aromatic carbocycles. The lowest BCUT2D eigenvalue weighted by atomic mass is 10.1. The number of nitrogens with zero attached hydrogens (tertiary/aromatic N) is 2. The summed E-state index contributed by atoms with van der Waals surface area (Å²) in [7, 11) is 3.79. The Bertz CT molecular complexity index is 708.